The smallest absolute Gasteiger partial charge is 0.204 e. The summed E-state index contributed by atoms with van der Waals surface area (Å²) < 4.78 is 52.6. The summed E-state index contributed by atoms with van der Waals surface area (Å²) in [6, 6.07) is 4.35. The fraction of sp³-hybridized carbons (Fsp3) is 0.250. The molecule has 29 heavy (non-hydrogen) atoms. The molecule has 154 valence electrons. The molecule has 3 aromatic rings. The van der Waals surface area contributed by atoms with Crippen LogP contribution in [0.1, 0.15) is 0 Å². The quantitative estimate of drug-likeness (QED) is 0.425. The van der Waals surface area contributed by atoms with Gasteiger partial charge in [0.25, 0.3) is 0 Å². The maximum atomic E-state index is 13.3. The minimum absolute atomic E-state index is 0.000762. The Morgan fingerprint density at radius 3 is 2.07 bits per heavy atom. The number of sulfone groups is 1. The number of hydrogen-bond donors (Lipinski definition) is 0. The van der Waals surface area contributed by atoms with Gasteiger partial charge in [-0.15, -0.1) is 6.58 Å². The molecule has 0 aliphatic carbocycles. The Labute approximate surface area is 167 Å². The summed E-state index contributed by atoms with van der Waals surface area (Å²) in [5, 5.41) is 0.168. The van der Waals surface area contributed by atoms with Crippen molar-refractivity contribution in [3.8, 4) is 23.0 Å². The highest BCUT2D eigenvalue weighted by atomic mass is 32.2. The Morgan fingerprint density at radius 1 is 0.931 bits per heavy atom. The Bertz CT molecular complexity index is 1270. The van der Waals surface area contributed by atoms with Crippen LogP contribution in [0, 0.1) is 0 Å². The summed E-state index contributed by atoms with van der Waals surface area (Å²) >= 11 is 0. The summed E-state index contributed by atoms with van der Waals surface area (Å²) in [4.78, 5) is 13.0. The molecular formula is C20H20O8S. The van der Waals surface area contributed by atoms with Gasteiger partial charge in [-0.25, -0.2) is 8.42 Å². The van der Waals surface area contributed by atoms with Gasteiger partial charge in [0.15, 0.2) is 32.0 Å². The predicted octanol–water partition coefficient (Wildman–Crippen LogP) is 2.94. The lowest BCUT2D eigenvalue weighted by Crippen LogP contribution is -2.12. The SMILES string of the molecule is C=CCS(=O)(=O)c1c(OC)cc2oc3cc(OC)c(OC)cc3c(=O)c2c1OC. The van der Waals surface area contributed by atoms with Gasteiger partial charge in [-0.2, -0.15) is 0 Å². The molecule has 2 aromatic carbocycles. The van der Waals surface area contributed by atoms with Gasteiger partial charge in [-0.3, -0.25) is 4.79 Å². The second-order valence-electron chi connectivity index (χ2n) is 6.02. The van der Waals surface area contributed by atoms with E-state index in [-0.39, 0.29) is 44.1 Å². The van der Waals surface area contributed by atoms with E-state index in [1.165, 1.54) is 52.7 Å². The fourth-order valence-corrected chi connectivity index (χ4v) is 4.54. The molecule has 0 saturated heterocycles. The molecule has 0 bridgehead atoms. The normalized spacial score (nSPS) is 11.4. The Hall–Kier alpha value is -3.20. The maximum absolute atomic E-state index is 13.3. The van der Waals surface area contributed by atoms with Crippen LogP contribution < -0.4 is 24.4 Å². The van der Waals surface area contributed by atoms with Crippen molar-refractivity contribution in [2.24, 2.45) is 0 Å². The van der Waals surface area contributed by atoms with E-state index < -0.39 is 15.3 Å². The van der Waals surface area contributed by atoms with Crippen LogP contribution in [0.3, 0.4) is 0 Å². The molecule has 1 heterocycles. The van der Waals surface area contributed by atoms with E-state index in [0.717, 1.165) is 0 Å². The van der Waals surface area contributed by atoms with Crippen molar-refractivity contribution < 1.29 is 31.8 Å². The molecule has 0 fully saturated rings. The second-order valence-corrected chi connectivity index (χ2v) is 7.99. The van der Waals surface area contributed by atoms with E-state index in [4.69, 9.17) is 23.4 Å². The van der Waals surface area contributed by atoms with Crippen LogP contribution in [0.4, 0.5) is 0 Å². The lowest BCUT2D eigenvalue weighted by Gasteiger charge is -2.16. The van der Waals surface area contributed by atoms with Crippen LogP contribution in [0.5, 0.6) is 23.0 Å². The topological polar surface area (TPSA) is 101 Å². The van der Waals surface area contributed by atoms with Gasteiger partial charge in [0.1, 0.15) is 22.3 Å². The number of rotatable bonds is 7. The molecule has 0 spiro atoms. The molecule has 0 saturated carbocycles. The average Bonchev–Trinajstić information content (AvgIpc) is 2.71. The largest absolute Gasteiger partial charge is 0.495 e. The summed E-state index contributed by atoms with van der Waals surface area (Å²) in [7, 11) is 1.63. The predicted molar refractivity (Wildman–Crippen MR) is 108 cm³/mol. The average molecular weight is 420 g/mol. The Kier molecular flexibility index (Phi) is 5.43. The number of ether oxygens (including phenoxy) is 4. The van der Waals surface area contributed by atoms with Crippen LogP contribution in [0.2, 0.25) is 0 Å². The molecule has 0 amide bonds. The van der Waals surface area contributed by atoms with Crippen LogP contribution in [-0.4, -0.2) is 42.6 Å². The zero-order valence-electron chi connectivity index (χ0n) is 16.4. The molecule has 0 N–H and O–H groups in total. The van der Waals surface area contributed by atoms with Crippen molar-refractivity contribution in [2.75, 3.05) is 34.2 Å². The van der Waals surface area contributed by atoms with E-state index >= 15 is 0 Å². The van der Waals surface area contributed by atoms with Crippen molar-refractivity contribution in [3.05, 3.63) is 41.1 Å². The first-order valence-electron chi connectivity index (χ1n) is 8.44. The highest BCUT2D eigenvalue weighted by molar-refractivity contribution is 7.91. The first-order valence-corrected chi connectivity index (χ1v) is 10.1. The van der Waals surface area contributed by atoms with E-state index in [1.807, 2.05) is 0 Å². The highest BCUT2D eigenvalue weighted by Gasteiger charge is 2.29. The van der Waals surface area contributed by atoms with Crippen molar-refractivity contribution in [2.45, 2.75) is 4.90 Å². The van der Waals surface area contributed by atoms with Gasteiger partial charge in [-0.1, -0.05) is 6.08 Å². The molecular weight excluding hydrogens is 400 g/mol. The van der Waals surface area contributed by atoms with Gasteiger partial charge in [0.2, 0.25) is 5.43 Å². The standard InChI is InChI=1S/C20H20O8S/c1-6-7-29(22,23)20-16(26-4)10-15-17(19(20)27-5)18(21)11-8-13(24-2)14(25-3)9-12(11)28-15/h6,8-10H,1,7H2,2-5H3. The lowest BCUT2D eigenvalue weighted by atomic mass is 10.1. The van der Waals surface area contributed by atoms with Gasteiger partial charge in [0.05, 0.1) is 39.6 Å². The highest BCUT2D eigenvalue weighted by Crippen LogP contribution is 2.41. The third-order valence-corrected chi connectivity index (χ3v) is 6.10. The molecule has 0 aliphatic heterocycles. The first-order chi connectivity index (χ1) is 13.8. The molecule has 0 radical (unpaired) electrons. The fourth-order valence-electron chi connectivity index (χ4n) is 3.14. The second kappa shape index (κ2) is 7.67. The monoisotopic (exact) mass is 420 g/mol. The van der Waals surface area contributed by atoms with Crippen molar-refractivity contribution in [3.63, 3.8) is 0 Å². The number of methoxy groups -OCH3 is 4. The molecule has 9 heteroatoms. The van der Waals surface area contributed by atoms with Crippen LogP contribution in [0.25, 0.3) is 21.9 Å². The van der Waals surface area contributed by atoms with E-state index in [9.17, 15) is 13.2 Å². The van der Waals surface area contributed by atoms with E-state index in [2.05, 4.69) is 6.58 Å². The van der Waals surface area contributed by atoms with Crippen LogP contribution >= 0.6 is 0 Å². The summed E-state index contributed by atoms with van der Waals surface area (Å²) in [6.45, 7) is 3.47. The van der Waals surface area contributed by atoms with Crippen molar-refractivity contribution >= 4 is 31.8 Å². The number of hydrogen-bond acceptors (Lipinski definition) is 8. The third-order valence-electron chi connectivity index (χ3n) is 4.42. The lowest BCUT2D eigenvalue weighted by molar-refractivity contribution is 0.355. The minimum atomic E-state index is -3.87. The summed E-state index contributed by atoms with van der Waals surface area (Å²) in [6.07, 6.45) is 1.25. The number of fused-ring (bicyclic) bond motifs is 2. The van der Waals surface area contributed by atoms with Crippen LogP contribution in [-0.2, 0) is 9.84 Å². The van der Waals surface area contributed by atoms with Crippen molar-refractivity contribution in [1.29, 1.82) is 0 Å². The number of benzene rings is 2. The zero-order valence-corrected chi connectivity index (χ0v) is 17.2. The first kappa shape index (κ1) is 20.5. The molecule has 1 aromatic heterocycles. The molecule has 3 rings (SSSR count). The molecule has 0 atom stereocenters. The van der Waals surface area contributed by atoms with Crippen molar-refractivity contribution in [1.82, 2.24) is 0 Å². The van der Waals surface area contributed by atoms with E-state index in [0.29, 0.717) is 11.5 Å². The third kappa shape index (κ3) is 3.27. The van der Waals surface area contributed by atoms with Gasteiger partial charge >= 0.3 is 0 Å². The summed E-state index contributed by atoms with van der Waals surface area (Å²) in [5.41, 5.74) is -0.122. The molecule has 0 aliphatic rings. The molecule has 0 unspecified atom stereocenters. The maximum Gasteiger partial charge on any atom is 0.204 e. The Morgan fingerprint density at radius 2 is 1.52 bits per heavy atom. The molecule has 8 nitrogen and oxygen atoms in total. The minimum Gasteiger partial charge on any atom is -0.495 e. The van der Waals surface area contributed by atoms with Gasteiger partial charge < -0.3 is 23.4 Å². The van der Waals surface area contributed by atoms with Gasteiger partial charge in [0, 0.05) is 12.1 Å². The van der Waals surface area contributed by atoms with E-state index in [1.54, 1.807) is 0 Å². The summed E-state index contributed by atoms with van der Waals surface area (Å²) in [5.74, 6) is 0.214. The van der Waals surface area contributed by atoms with Crippen LogP contribution in [0.15, 0.2) is 45.0 Å². The zero-order chi connectivity index (χ0) is 21.3. The Balaban J connectivity index is 2.55. The van der Waals surface area contributed by atoms with Gasteiger partial charge in [-0.05, 0) is 6.07 Å².